The molecule has 0 spiro atoms. The summed E-state index contributed by atoms with van der Waals surface area (Å²) < 4.78 is 60.5. The smallest absolute Gasteiger partial charge is 0.274 e. The van der Waals surface area contributed by atoms with E-state index < -0.39 is 26.6 Å². The van der Waals surface area contributed by atoms with Crippen LogP contribution in [0.4, 0.5) is 8.78 Å². The van der Waals surface area contributed by atoms with E-state index in [9.17, 15) is 17.2 Å². The second-order valence-corrected chi connectivity index (χ2v) is 7.98. The predicted molar refractivity (Wildman–Crippen MR) is 92.7 cm³/mol. The zero-order valence-electron chi connectivity index (χ0n) is 13.9. The van der Waals surface area contributed by atoms with Crippen LogP contribution in [-0.2, 0) is 16.6 Å². The zero-order valence-corrected chi connectivity index (χ0v) is 14.8. The molecule has 0 unspecified atom stereocenters. The number of hydrogen-bond donors (Lipinski definition) is 0. The lowest BCUT2D eigenvalue weighted by atomic mass is 10.1. The summed E-state index contributed by atoms with van der Waals surface area (Å²) in [5, 5.41) is 0.677. The Kier molecular flexibility index (Phi) is 3.96. The third-order valence-corrected chi connectivity index (χ3v) is 6.24. The van der Waals surface area contributed by atoms with Crippen LogP contribution in [0.2, 0.25) is 0 Å². The Hall–Kier alpha value is -2.45. The Morgan fingerprint density at radius 2 is 1.81 bits per heavy atom. The average Bonchev–Trinajstić information content (AvgIpc) is 2.92. The van der Waals surface area contributed by atoms with Crippen molar-refractivity contribution < 1.29 is 21.9 Å². The van der Waals surface area contributed by atoms with Crippen LogP contribution in [0.5, 0.6) is 5.75 Å². The summed E-state index contributed by atoms with van der Waals surface area (Å²) in [6.45, 7) is 1.87. The summed E-state index contributed by atoms with van der Waals surface area (Å²) in [5.41, 5.74) is 1.20. The Bertz CT molecular complexity index is 1090. The van der Waals surface area contributed by atoms with Gasteiger partial charge in [0.1, 0.15) is 24.0 Å². The highest BCUT2D eigenvalue weighted by Crippen LogP contribution is 2.33. The Balaban J connectivity index is 1.94. The van der Waals surface area contributed by atoms with E-state index in [0.29, 0.717) is 29.8 Å². The maximum absolute atomic E-state index is 14.1. The van der Waals surface area contributed by atoms with Crippen molar-refractivity contribution in [3.8, 4) is 5.75 Å². The van der Waals surface area contributed by atoms with Gasteiger partial charge in [-0.25, -0.2) is 21.2 Å². The van der Waals surface area contributed by atoms with Gasteiger partial charge in [0.2, 0.25) is 0 Å². The quantitative estimate of drug-likeness (QED) is 0.688. The molecule has 5 nitrogen and oxygen atoms in total. The van der Waals surface area contributed by atoms with Crippen LogP contribution in [0.25, 0.3) is 10.9 Å². The minimum absolute atomic E-state index is 0.352. The van der Waals surface area contributed by atoms with E-state index in [4.69, 9.17) is 4.74 Å². The van der Waals surface area contributed by atoms with Crippen LogP contribution in [0.15, 0.2) is 47.5 Å². The summed E-state index contributed by atoms with van der Waals surface area (Å²) in [5.74, 6) is -1.55. The number of likely N-dealkylation sites (N-methyl/N-ethyl adjacent to an activating group) is 1. The molecule has 4 rings (SSSR count). The molecule has 0 amide bonds. The Morgan fingerprint density at radius 3 is 2.54 bits per heavy atom. The van der Waals surface area contributed by atoms with E-state index in [1.165, 1.54) is 6.20 Å². The van der Waals surface area contributed by atoms with Gasteiger partial charge in [0, 0.05) is 30.2 Å². The zero-order chi connectivity index (χ0) is 18.5. The normalized spacial score (nSPS) is 15.5. The molecule has 0 saturated heterocycles. The number of benzene rings is 2. The van der Waals surface area contributed by atoms with Crippen molar-refractivity contribution in [1.82, 2.24) is 8.87 Å². The van der Waals surface area contributed by atoms with Gasteiger partial charge in [-0.15, -0.1) is 0 Å². The Morgan fingerprint density at radius 1 is 1.08 bits per heavy atom. The summed E-state index contributed by atoms with van der Waals surface area (Å²) >= 11 is 0. The van der Waals surface area contributed by atoms with Gasteiger partial charge in [-0.3, -0.25) is 4.90 Å². The molecule has 8 heteroatoms. The topological polar surface area (TPSA) is 51.5 Å². The SMILES string of the molecule is CN1CCOc2ccc3c(ccn3S(=O)(=O)c3c(F)cccc3F)c2C1. The van der Waals surface area contributed by atoms with Gasteiger partial charge < -0.3 is 4.74 Å². The fourth-order valence-corrected chi connectivity index (χ4v) is 4.69. The number of rotatable bonds is 2. The fraction of sp³-hybridized carbons (Fsp3) is 0.222. The number of halogens is 2. The van der Waals surface area contributed by atoms with Crippen LogP contribution in [0.3, 0.4) is 0 Å². The van der Waals surface area contributed by atoms with Crippen molar-refractivity contribution in [2.24, 2.45) is 0 Å². The highest BCUT2D eigenvalue weighted by Gasteiger charge is 2.28. The standard InChI is InChI=1S/C18H16F2N2O3S/c1-21-9-10-25-17-6-5-16-12(13(17)11-21)7-8-22(16)26(23,24)18-14(19)3-2-4-15(18)20/h2-8H,9-11H2,1H3. The lowest BCUT2D eigenvalue weighted by molar-refractivity contribution is 0.259. The average molecular weight is 378 g/mol. The summed E-state index contributed by atoms with van der Waals surface area (Å²) in [6, 6.07) is 7.90. The number of nitrogens with zero attached hydrogens (tertiary/aromatic N) is 2. The van der Waals surface area contributed by atoms with Gasteiger partial charge in [-0.1, -0.05) is 6.07 Å². The minimum atomic E-state index is -4.42. The highest BCUT2D eigenvalue weighted by molar-refractivity contribution is 7.90. The summed E-state index contributed by atoms with van der Waals surface area (Å²) in [4.78, 5) is 1.11. The first-order valence-corrected chi connectivity index (χ1v) is 9.47. The maximum Gasteiger partial charge on any atom is 0.274 e. The third kappa shape index (κ3) is 2.57. The van der Waals surface area contributed by atoms with Crippen molar-refractivity contribution in [3.63, 3.8) is 0 Å². The second-order valence-electron chi connectivity index (χ2n) is 6.23. The molecule has 1 aliphatic heterocycles. The van der Waals surface area contributed by atoms with Gasteiger partial charge >= 0.3 is 0 Å². The largest absolute Gasteiger partial charge is 0.492 e. The van der Waals surface area contributed by atoms with E-state index in [1.54, 1.807) is 18.2 Å². The van der Waals surface area contributed by atoms with Gasteiger partial charge in [-0.05, 0) is 37.4 Å². The summed E-state index contributed by atoms with van der Waals surface area (Å²) in [7, 11) is -2.48. The molecule has 2 heterocycles. The fourth-order valence-electron chi connectivity index (χ4n) is 3.23. The molecule has 0 aliphatic carbocycles. The molecule has 0 fully saturated rings. The number of fused-ring (bicyclic) bond motifs is 3. The van der Waals surface area contributed by atoms with Gasteiger partial charge in [-0.2, -0.15) is 0 Å². The molecule has 2 aromatic carbocycles. The molecule has 1 aliphatic rings. The van der Waals surface area contributed by atoms with E-state index in [0.717, 1.165) is 34.3 Å². The second kappa shape index (κ2) is 6.07. The van der Waals surface area contributed by atoms with Crippen molar-refractivity contribution in [3.05, 3.63) is 59.8 Å². The van der Waals surface area contributed by atoms with Crippen molar-refractivity contribution in [1.29, 1.82) is 0 Å². The van der Waals surface area contributed by atoms with Crippen LogP contribution in [-0.4, -0.2) is 37.5 Å². The van der Waals surface area contributed by atoms with Gasteiger partial charge in [0.25, 0.3) is 10.0 Å². The molecular formula is C18H16F2N2O3S. The highest BCUT2D eigenvalue weighted by atomic mass is 32.2. The maximum atomic E-state index is 14.1. The van der Waals surface area contributed by atoms with E-state index in [1.807, 2.05) is 7.05 Å². The summed E-state index contributed by atoms with van der Waals surface area (Å²) in [6.07, 6.45) is 1.32. The lowest BCUT2D eigenvalue weighted by Gasteiger charge is -2.13. The monoisotopic (exact) mass is 378 g/mol. The van der Waals surface area contributed by atoms with Crippen LogP contribution >= 0.6 is 0 Å². The first-order valence-electron chi connectivity index (χ1n) is 8.03. The lowest BCUT2D eigenvalue weighted by Crippen LogP contribution is -2.20. The molecule has 3 aromatic rings. The van der Waals surface area contributed by atoms with Crippen molar-refractivity contribution in [2.45, 2.75) is 11.4 Å². The number of hydrogen-bond acceptors (Lipinski definition) is 4. The number of aromatic nitrogens is 1. The van der Waals surface area contributed by atoms with Crippen molar-refractivity contribution >= 4 is 20.9 Å². The van der Waals surface area contributed by atoms with Crippen LogP contribution < -0.4 is 4.74 Å². The third-order valence-electron chi connectivity index (χ3n) is 4.50. The van der Waals surface area contributed by atoms with E-state index in [-0.39, 0.29) is 0 Å². The van der Waals surface area contributed by atoms with Crippen LogP contribution in [0.1, 0.15) is 5.56 Å². The predicted octanol–water partition coefficient (Wildman–Crippen LogP) is 2.98. The molecule has 136 valence electrons. The molecule has 0 atom stereocenters. The molecule has 0 bridgehead atoms. The molecule has 26 heavy (non-hydrogen) atoms. The van der Waals surface area contributed by atoms with E-state index in [2.05, 4.69) is 4.90 Å². The molecule has 0 saturated carbocycles. The van der Waals surface area contributed by atoms with Crippen LogP contribution in [0, 0.1) is 11.6 Å². The first-order chi connectivity index (χ1) is 12.4. The molecule has 1 aromatic heterocycles. The molecular weight excluding hydrogens is 362 g/mol. The van der Waals surface area contributed by atoms with Gasteiger partial charge in [0.05, 0.1) is 5.52 Å². The van der Waals surface area contributed by atoms with Crippen molar-refractivity contribution in [2.75, 3.05) is 20.2 Å². The number of ether oxygens (including phenoxy) is 1. The molecule has 0 radical (unpaired) electrons. The Labute approximate surface area is 149 Å². The first kappa shape index (κ1) is 17.0. The van der Waals surface area contributed by atoms with E-state index >= 15 is 0 Å². The molecule has 0 N–H and O–H groups in total. The van der Waals surface area contributed by atoms with Gasteiger partial charge in [0.15, 0.2) is 4.90 Å². The minimum Gasteiger partial charge on any atom is -0.492 e.